The van der Waals surface area contributed by atoms with E-state index in [1.165, 1.54) is 0 Å². The summed E-state index contributed by atoms with van der Waals surface area (Å²) in [4.78, 5) is 0. The molecule has 4 aromatic carbocycles. The Balaban J connectivity index is 1.28. The maximum Gasteiger partial charge on any atom is 0.187 e. The van der Waals surface area contributed by atoms with Crippen LogP contribution in [0.3, 0.4) is 0 Å². The number of benzene rings is 4. The first-order valence-electron chi connectivity index (χ1n) is 15.3. The van der Waals surface area contributed by atoms with Gasteiger partial charge in [0.1, 0.15) is 30.5 Å². The molecule has 6 rings (SSSR count). The zero-order chi connectivity index (χ0) is 29.8. The molecule has 0 saturated carbocycles. The molecule has 7 nitrogen and oxygen atoms in total. The van der Waals surface area contributed by atoms with Gasteiger partial charge in [0.25, 0.3) is 0 Å². The van der Waals surface area contributed by atoms with Crippen LogP contribution in [0.4, 0.5) is 0 Å². The summed E-state index contributed by atoms with van der Waals surface area (Å²) in [5.74, 6) is 0. The van der Waals surface area contributed by atoms with Crippen molar-refractivity contribution in [1.82, 2.24) is 0 Å². The second-order valence-corrected chi connectivity index (χ2v) is 11.1. The highest BCUT2D eigenvalue weighted by Crippen LogP contribution is 2.32. The van der Waals surface area contributed by atoms with Crippen molar-refractivity contribution in [3.8, 4) is 0 Å². The quantitative estimate of drug-likeness (QED) is 0.145. The van der Waals surface area contributed by atoms with Crippen molar-refractivity contribution >= 4 is 0 Å². The van der Waals surface area contributed by atoms with Crippen molar-refractivity contribution in [2.75, 3.05) is 19.8 Å². The van der Waals surface area contributed by atoms with Gasteiger partial charge in [-0.25, -0.2) is 0 Å². The molecule has 44 heavy (non-hydrogen) atoms. The SMILES string of the molecule is c1ccc(COC2O[C@H](COCC3CO3)[C@@H](OCc3ccccc3)[C@H](OCc3ccccc3)[C@H]2OCc2ccccc2)cc1. The third-order valence-corrected chi connectivity index (χ3v) is 7.69. The van der Waals surface area contributed by atoms with Crippen LogP contribution in [0.1, 0.15) is 22.3 Å². The molecule has 0 aliphatic carbocycles. The van der Waals surface area contributed by atoms with Crippen LogP contribution >= 0.6 is 0 Å². The van der Waals surface area contributed by atoms with Gasteiger partial charge in [0.15, 0.2) is 6.29 Å². The molecular weight excluding hydrogens is 556 g/mol. The molecule has 2 fully saturated rings. The lowest BCUT2D eigenvalue weighted by atomic mass is 9.97. The predicted molar refractivity (Wildman–Crippen MR) is 166 cm³/mol. The number of hydrogen-bond acceptors (Lipinski definition) is 7. The van der Waals surface area contributed by atoms with E-state index in [1.54, 1.807) is 0 Å². The van der Waals surface area contributed by atoms with Gasteiger partial charge in [-0.15, -0.1) is 0 Å². The van der Waals surface area contributed by atoms with Crippen molar-refractivity contribution in [3.05, 3.63) is 144 Å². The van der Waals surface area contributed by atoms with Crippen LogP contribution in [-0.4, -0.2) is 56.6 Å². The summed E-state index contributed by atoms with van der Waals surface area (Å²) in [6.07, 6.45) is -2.62. The molecule has 0 aromatic heterocycles. The van der Waals surface area contributed by atoms with Gasteiger partial charge in [0.2, 0.25) is 0 Å². The van der Waals surface area contributed by atoms with Gasteiger partial charge >= 0.3 is 0 Å². The van der Waals surface area contributed by atoms with Gasteiger partial charge in [0, 0.05) is 0 Å². The van der Waals surface area contributed by atoms with Crippen LogP contribution < -0.4 is 0 Å². The molecule has 2 aliphatic heterocycles. The molecule has 2 heterocycles. The van der Waals surface area contributed by atoms with Gasteiger partial charge in [-0.05, 0) is 22.3 Å². The molecule has 0 amide bonds. The minimum absolute atomic E-state index is 0.138. The first-order chi connectivity index (χ1) is 21.8. The molecule has 0 bridgehead atoms. The number of epoxide rings is 1. The standard InChI is InChI=1S/C37H40O7/c1-5-13-28(14-6-1)21-40-34-33(27-38-25-32-26-39-32)44-37(43-24-31-19-11-4-12-20-31)36(42-23-30-17-9-3-10-18-30)35(34)41-22-29-15-7-2-8-16-29/h1-20,32-37H,21-27H2/t32?,33-,34-,35+,36-,37?/m1/s1. The van der Waals surface area contributed by atoms with E-state index in [2.05, 4.69) is 24.3 Å². The molecule has 0 spiro atoms. The van der Waals surface area contributed by atoms with E-state index in [0.29, 0.717) is 39.6 Å². The Labute approximate surface area is 259 Å². The maximum atomic E-state index is 6.73. The number of hydrogen-bond donors (Lipinski definition) is 0. The predicted octanol–water partition coefficient (Wildman–Crippen LogP) is 6.10. The second kappa shape index (κ2) is 16.1. The van der Waals surface area contributed by atoms with E-state index in [0.717, 1.165) is 28.9 Å². The Morgan fingerprint density at radius 2 is 0.886 bits per heavy atom. The van der Waals surface area contributed by atoms with Crippen LogP contribution in [-0.2, 0) is 59.6 Å². The van der Waals surface area contributed by atoms with Gasteiger partial charge in [-0.2, -0.15) is 0 Å². The molecule has 2 aliphatic rings. The average molecular weight is 597 g/mol. The summed E-state index contributed by atoms with van der Waals surface area (Å²) < 4.78 is 44.6. The van der Waals surface area contributed by atoms with E-state index < -0.39 is 30.7 Å². The Kier molecular flexibility index (Phi) is 11.2. The van der Waals surface area contributed by atoms with E-state index >= 15 is 0 Å². The van der Waals surface area contributed by atoms with Crippen molar-refractivity contribution in [3.63, 3.8) is 0 Å². The molecule has 0 N–H and O–H groups in total. The summed E-state index contributed by atoms with van der Waals surface area (Å²) in [5.41, 5.74) is 4.21. The minimum atomic E-state index is -0.720. The Hall–Kier alpha value is -3.40. The maximum absolute atomic E-state index is 6.73. The largest absolute Gasteiger partial charge is 0.376 e. The highest BCUT2D eigenvalue weighted by molar-refractivity contribution is 5.16. The van der Waals surface area contributed by atoms with E-state index in [1.807, 2.05) is 97.1 Å². The zero-order valence-corrected chi connectivity index (χ0v) is 24.8. The van der Waals surface area contributed by atoms with Gasteiger partial charge in [0.05, 0.1) is 46.2 Å². The Bertz CT molecular complexity index is 1350. The van der Waals surface area contributed by atoms with Crippen molar-refractivity contribution < 1.29 is 33.2 Å². The summed E-state index contributed by atoms with van der Waals surface area (Å²) in [6, 6.07) is 40.4. The molecule has 4 aromatic rings. The zero-order valence-electron chi connectivity index (χ0n) is 24.8. The average Bonchev–Trinajstić information content (AvgIpc) is 3.91. The first-order valence-corrected chi connectivity index (χ1v) is 15.3. The molecule has 7 heteroatoms. The Morgan fingerprint density at radius 3 is 1.34 bits per heavy atom. The highest BCUT2D eigenvalue weighted by atomic mass is 16.7. The topological polar surface area (TPSA) is 67.9 Å². The molecule has 0 radical (unpaired) electrons. The molecule has 2 unspecified atom stereocenters. The fourth-order valence-electron chi connectivity index (χ4n) is 5.25. The van der Waals surface area contributed by atoms with Crippen molar-refractivity contribution in [2.45, 2.75) is 63.2 Å². The van der Waals surface area contributed by atoms with Gasteiger partial charge in [-0.3, -0.25) is 0 Å². The van der Waals surface area contributed by atoms with Gasteiger partial charge in [-0.1, -0.05) is 121 Å². The van der Waals surface area contributed by atoms with Crippen LogP contribution in [0.25, 0.3) is 0 Å². The minimum Gasteiger partial charge on any atom is -0.376 e. The lowest BCUT2D eigenvalue weighted by molar-refractivity contribution is -0.330. The van der Waals surface area contributed by atoms with E-state index in [9.17, 15) is 0 Å². The van der Waals surface area contributed by atoms with Crippen LogP contribution in [0, 0.1) is 0 Å². The summed E-state index contributed by atoms with van der Waals surface area (Å²) in [7, 11) is 0. The molecule has 2 saturated heterocycles. The fourth-order valence-corrected chi connectivity index (χ4v) is 5.25. The fraction of sp³-hybridized carbons (Fsp3) is 0.351. The van der Waals surface area contributed by atoms with Crippen molar-refractivity contribution in [2.24, 2.45) is 0 Å². The lowest BCUT2D eigenvalue weighted by Gasteiger charge is -2.46. The lowest BCUT2D eigenvalue weighted by Crippen LogP contribution is -2.61. The number of ether oxygens (including phenoxy) is 7. The molecular formula is C37H40O7. The van der Waals surface area contributed by atoms with E-state index in [-0.39, 0.29) is 6.10 Å². The molecule has 6 atom stereocenters. The smallest absolute Gasteiger partial charge is 0.187 e. The summed E-state index contributed by atoms with van der Waals surface area (Å²) in [5, 5.41) is 0. The summed E-state index contributed by atoms with van der Waals surface area (Å²) >= 11 is 0. The summed E-state index contributed by atoms with van der Waals surface area (Å²) in [6.45, 7) is 3.05. The van der Waals surface area contributed by atoms with Crippen LogP contribution in [0.15, 0.2) is 121 Å². The first kappa shape index (κ1) is 30.6. The highest BCUT2D eigenvalue weighted by Gasteiger charge is 2.49. The van der Waals surface area contributed by atoms with Crippen LogP contribution in [0.2, 0.25) is 0 Å². The monoisotopic (exact) mass is 596 g/mol. The third kappa shape index (κ3) is 9.06. The molecule has 230 valence electrons. The van der Waals surface area contributed by atoms with E-state index in [4.69, 9.17) is 33.2 Å². The normalized spacial score (nSPS) is 24.6. The van der Waals surface area contributed by atoms with Gasteiger partial charge < -0.3 is 33.2 Å². The van der Waals surface area contributed by atoms with Crippen LogP contribution in [0.5, 0.6) is 0 Å². The Morgan fingerprint density at radius 1 is 0.477 bits per heavy atom. The second-order valence-electron chi connectivity index (χ2n) is 11.1. The number of rotatable bonds is 16. The third-order valence-electron chi connectivity index (χ3n) is 7.69. The van der Waals surface area contributed by atoms with Crippen molar-refractivity contribution in [1.29, 1.82) is 0 Å².